The lowest BCUT2D eigenvalue weighted by Gasteiger charge is -2.09. The maximum atomic E-state index is 12.7. The fraction of sp³-hybridized carbons (Fsp3) is 0.286. The molecule has 1 heterocycles. The first-order valence-electron chi connectivity index (χ1n) is 6.05. The van der Waals surface area contributed by atoms with Gasteiger partial charge in [-0.3, -0.25) is 9.48 Å². The van der Waals surface area contributed by atoms with Crippen molar-refractivity contribution >= 4 is 37.6 Å². The van der Waals surface area contributed by atoms with Gasteiger partial charge in [-0.1, -0.05) is 27.6 Å². The van der Waals surface area contributed by atoms with Crippen molar-refractivity contribution in [2.24, 2.45) is 0 Å². The van der Waals surface area contributed by atoms with E-state index >= 15 is 0 Å². The summed E-state index contributed by atoms with van der Waals surface area (Å²) >= 11 is 6.82. The van der Waals surface area contributed by atoms with Crippen molar-refractivity contribution in [1.82, 2.24) is 9.78 Å². The Kier molecular flexibility index (Phi) is 5.12. The van der Waals surface area contributed by atoms with Crippen molar-refractivity contribution < 1.29 is 9.53 Å². The summed E-state index contributed by atoms with van der Waals surface area (Å²) in [5, 5.41) is 4.21. The monoisotopic (exact) mass is 400 g/mol. The van der Waals surface area contributed by atoms with Crippen molar-refractivity contribution in [2.75, 3.05) is 13.7 Å². The Morgan fingerprint density at radius 2 is 2.10 bits per heavy atom. The lowest BCUT2D eigenvalue weighted by atomic mass is 10.1. The highest BCUT2D eigenvalue weighted by molar-refractivity contribution is 9.10. The molecule has 0 aliphatic carbocycles. The molecule has 6 heteroatoms. The molecule has 2 rings (SSSR count). The van der Waals surface area contributed by atoms with Crippen molar-refractivity contribution in [3.05, 3.63) is 50.2 Å². The second-order valence-corrected chi connectivity index (χ2v) is 6.08. The van der Waals surface area contributed by atoms with Crippen LogP contribution in [0.1, 0.15) is 21.6 Å². The van der Waals surface area contributed by atoms with Crippen molar-refractivity contribution in [2.45, 2.75) is 13.5 Å². The second kappa shape index (κ2) is 6.65. The minimum atomic E-state index is -0.0685. The Hall–Kier alpha value is -0.980. The Balaban J connectivity index is 2.42. The summed E-state index contributed by atoms with van der Waals surface area (Å²) in [6, 6.07) is 5.71. The number of hydrogen-bond acceptors (Lipinski definition) is 3. The molecule has 0 unspecified atom stereocenters. The molecule has 0 amide bonds. The molecule has 0 radical (unpaired) electrons. The van der Waals surface area contributed by atoms with Gasteiger partial charge in [0.25, 0.3) is 0 Å². The molecule has 4 nitrogen and oxygen atoms in total. The lowest BCUT2D eigenvalue weighted by molar-refractivity contribution is 0.102. The minimum absolute atomic E-state index is 0.0685. The highest BCUT2D eigenvalue weighted by Crippen LogP contribution is 2.25. The molecule has 1 aromatic heterocycles. The number of methoxy groups -OCH3 is 1. The predicted molar refractivity (Wildman–Crippen MR) is 84.1 cm³/mol. The van der Waals surface area contributed by atoms with Gasteiger partial charge in [0.15, 0.2) is 0 Å². The zero-order valence-electron chi connectivity index (χ0n) is 11.2. The van der Waals surface area contributed by atoms with Crippen LogP contribution in [0.5, 0.6) is 0 Å². The van der Waals surface area contributed by atoms with Crippen molar-refractivity contribution in [1.29, 1.82) is 0 Å². The van der Waals surface area contributed by atoms with E-state index in [1.54, 1.807) is 18.0 Å². The Bertz CT molecular complexity index is 638. The Labute approximate surface area is 134 Å². The largest absolute Gasteiger partial charge is 0.383 e. The fourth-order valence-corrected chi connectivity index (χ4v) is 2.78. The van der Waals surface area contributed by atoms with E-state index in [4.69, 9.17) is 4.74 Å². The van der Waals surface area contributed by atoms with Crippen LogP contribution in [0, 0.1) is 6.92 Å². The van der Waals surface area contributed by atoms with Gasteiger partial charge in [0.05, 0.1) is 23.8 Å². The van der Waals surface area contributed by atoms with E-state index in [2.05, 4.69) is 37.0 Å². The van der Waals surface area contributed by atoms with E-state index in [1.165, 1.54) is 0 Å². The average Bonchev–Trinajstić information content (AvgIpc) is 2.79. The molecule has 20 heavy (non-hydrogen) atoms. The summed E-state index contributed by atoms with van der Waals surface area (Å²) in [4.78, 5) is 12.7. The van der Waals surface area contributed by atoms with Crippen LogP contribution in [0.3, 0.4) is 0 Å². The molecule has 0 aliphatic rings. The summed E-state index contributed by atoms with van der Waals surface area (Å²) in [6.07, 6.45) is 1.63. The normalized spacial score (nSPS) is 10.8. The number of halogens is 2. The van der Waals surface area contributed by atoms with Gasteiger partial charge in [-0.25, -0.2) is 0 Å². The van der Waals surface area contributed by atoms with Crippen LogP contribution in [0.25, 0.3) is 0 Å². The van der Waals surface area contributed by atoms with Crippen LogP contribution in [-0.2, 0) is 11.3 Å². The standard InChI is InChI=1S/C14H14Br2N2O2/c1-9-3-4-11(15)10(7-9)14(19)13-12(16)8-17-18(13)5-6-20-2/h3-4,7-8H,5-6H2,1-2H3. The third-order valence-corrected chi connectivity index (χ3v) is 4.16. The summed E-state index contributed by atoms with van der Waals surface area (Å²) in [5.41, 5.74) is 2.20. The molecule has 0 bridgehead atoms. The number of nitrogens with zero attached hydrogens (tertiary/aromatic N) is 2. The number of rotatable bonds is 5. The molecule has 2 aromatic rings. The van der Waals surface area contributed by atoms with Gasteiger partial charge in [-0.2, -0.15) is 5.10 Å². The van der Waals surface area contributed by atoms with Gasteiger partial charge in [0, 0.05) is 17.1 Å². The molecule has 0 aliphatic heterocycles. The van der Waals surface area contributed by atoms with E-state index in [0.29, 0.717) is 28.9 Å². The minimum Gasteiger partial charge on any atom is -0.383 e. The third-order valence-electron chi connectivity index (χ3n) is 2.88. The van der Waals surface area contributed by atoms with Crippen molar-refractivity contribution in [3.8, 4) is 0 Å². The topological polar surface area (TPSA) is 44.1 Å². The summed E-state index contributed by atoms with van der Waals surface area (Å²) < 4.78 is 8.16. The first kappa shape index (κ1) is 15.4. The molecule has 0 saturated heterocycles. The van der Waals surface area contributed by atoms with Crippen molar-refractivity contribution in [3.63, 3.8) is 0 Å². The number of benzene rings is 1. The number of aromatic nitrogens is 2. The van der Waals surface area contributed by atoms with Gasteiger partial charge in [-0.15, -0.1) is 0 Å². The van der Waals surface area contributed by atoms with Crippen LogP contribution in [0.15, 0.2) is 33.3 Å². The maximum absolute atomic E-state index is 12.7. The maximum Gasteiger partial charge on any atom is 0.213 e. The third kappa shape index (κ3) is 3.19. The zero-order chi connectivity index (χ0) is 14.7. The van der Waals surface area contributed by atoms with Gasteiger partial charge >= 0.3 is 0 Å². The van der Waals surface area contributed by atoms with Crippen LogP contribution >= 0.6 is 31.9 Å². The smallest absolute Gasteiger partial charge is 0.213 e. The zero-order valence-corrected chi connectivity index (χ0v) is 14.4. The molecule has 0 fully saturated rings. The number of ether oxygens (including phenoxy) is 1. The summed E-state index contributed by atoms with van der Waals surface area (Å²) in [7, 11) is 1.62. The van der Waals surface area contributed by atoms with Crippen LogP contribution in [0.4, 0.5) is 0 Å². The molecule has 1 aromatic carbocycles. The Morgan fingerprint density at radius 1 is 1.35 bits per heavy atom. The molecule has 0 N–H and O–H groups in total. The molecule has 0 saturated carbocycles. The quantitative estimate of drug-likeness (QED) is 0.719. The Morgan fingerprint density at radius 3 is 2.80 bits per heavy atom. The first-order chi connectivity index (χ1) is 9.54. The molecule has 0 spiro atoms. The first-order valence-corrected chi connectivity index (χ1v) is 7.64. The number of ketones is 1. The lowest BCUT2D eigenvalue weighted by Crippen LogP contribution is -2.15. The van der Waals surface area contributed by atoms with E-state index in [9.17, 15) is 4.79 Å². The fourth-order valence-electron chi connectivity index (χ4n) is 1.88. The SMILES string of the molecule is COCCn1ncc(Br)c1C(=O)c1cc(C)ccc1Br. The number of aryl methyl sites for hydroxylation is 1. The molecular formula is C14H14Br2N2O2. The van der Waals surface area contributed by atoms with Gasteiger partial charge < -0.3 is 4.74 Å². The highest BCUT2D eigenvalue weighted by Gasteiger charge is 2.20. The average molecular weight is 402 g/mol. The van der Waals surface area contributed by atoms with Gasteiger partial charge in [-0.05, 0) is 35.0 Å². The van der Waals surface area contributed by atoms with E-state index < -0.39 is 0 Å². The predicted octanol–water partition coefficient (Wildman–Crippen LogP) is 3.59. The second-order valence-electron chi connectivity index (χ2n) is 4.37. The molecule has 106 valence electrons. The van der Waals surface area contributed by atoms with Gasteiger partial charge in [0.2, 0.25) is 5.78 Å². The summed E-state index contributed by atoms with van der Waals surface area (Å²) in [6.45, 7) is 3.00. The van der Waals surface area contributed by atoms with Crippen LogP contribution in [0.2, 0.25) is 0 Å². The number of carbonyl (C=O) groups excluding carboxylic acids is 1. The van der Waals surface area contributed by atoms with E-state index in [1.807, 2.05) is 25.1 Å². The van der Waals surface area contributed by atoms with E-state index in [-0.39, 0.29) is 5.78 Å². The number of carbonyl (C=O) groups is 1. The number of hydrogen-bond donors (Lipinski definition) is 0. The highest BCUT2D eigenvalue weighted by atomic mass is 79.9. The summed E-state index contributed by atoms with van der Waals surface area (Å²) in [5.74, 6) is -0.0685. The van der Waals surface area contributed by atoms with Crippen LogP contribution < -0.4 is 0 Å². The van der Waals surface area contributed by atoms with Gasteiger partial charge in [0.1, 0.15) is 5.69 Å². The molecule has 0 atom stereocenters. The van der Waals surface area contributed by atoms with E-state index in [0.717, 1.165) is 10.0 Å². The molecular weight excluding hydrogens is 388 g/mol. The van der Waals surface area contributed by atoms with Crippen LogP contribution in [-0.4, -0.2) is 29.3 Å².